The first-order chi connectivity index (χ1) is 9.08. The number of hydrogen-bond donors (Lipinski definition) is 2. The van der Waals surface area contributed by atoms with Gasteiger partial charge in [0.05, 0.1) is 6.10 Å². The van der Waals surface area contributed by atoms with Gasteiger partial charge >= 0.3 is 12.0 Å². The number of nitrogens with zero attached hydrogens (tertiary/aromatic N) is 1. The normalized spacial score (nSPS) is 21.6. The maximum atomic E-state index is 12.1. The summed E-state index contributed by atoms with van der Waals surface area (Å²) in [5, 5.41) is 11.6. The Hall–Kier alpha value is -1.30. The number of aliphatic carboxylic acids is 1. The van der Waals surface area contributed by atoms with Crippen molar-refractivity contribution in [1.82, 2.24) is 10.2 Å². The number of carboxylic acid groups (broad SMARTS) is 1. The Kier molecular flexibility index (Phi) is 6.62. The van der Waals surface area contributed by atoms with Gasteiger partial charge in [-0.3, -0.25) is 0 Å². The van der Waals surface area contributed by atoms with Gasteiger partial charge in [-0.05, 0) is 19.3 Å². The van der Waals surface area contributed by atoms with E-state index < -0.39 is 12.0 Å². The van der Waals surface area contributed by atoms with E-state index in [0.29, 0.717) is 26.1 Å². The number of carbonyl (C=O) groups is 2. The van der Waals surface area contributed by atoms with Crippen molar-refractivity contribution in [2.45, 2.75) is 51.7 Å². The molecule has 1 fully saturated rings. The van der Waals surface area contributed by atoms with Crippen LogP contribution in [-0.4, -0.2) is 53.8 Å². The Labute approximate surface area is 114 Å². The molecule has 2 N–H and O–H groups in total. The molecule has 2 amide bonds. The van der Waals surface area contributed by atoms with Crippen LogP contribution >= 0.6 is 0 Å². The molecule has 0 bridgehead atoms. The summed E-state index contributed by atoms with van der Waals surface area (Å²) in [5.74, 6) is -0.978. The van der Waals surface area contributed by atoms with Crippen LogP contribution in [0.1, 0.15) is 39.5 Å². The van der Waals surface area contributed by atoms with Crippen LogP contribution in [0.5, 0.6) is 0 Å². The largest absolute Gasteiger partial charge is 0.480 e. The van der Waals surface area contributed by atoms with E-state index in [1.54, 1.807) is 4.90 Å². The number of amides is 2. The Morgan fingerprint density at radius 2 is 2.21 bits per heavy atom. The highest BCUT2D eigenvalue weighted by Crippen LogP contribution is 2.09. The predicted molar refractivity (Wildman–Crippen MR) is 71.1 cm³/mol. The molecule has 1 heterocycles. The SMILES string of the molecule is CCC[C@H](NC(=O)N1CCCOC(CC)C1)C(=O)O. The van der Waals surface area contributed by atoms with E-state index in [0.717, 1.165) is 19.3 Å². The Bertz CT molecular complexity index is 309. The van der Waals surface area contributed by atoms with Crippen LogP contribution < -0.4 is 5.32 Å². The highest BCUT2D eigenvalue weighted by Gasteiger charge is 2.25. The third-order valence-electron chi connectivity index (χ3n) is 3.27. The highest BCUT2D eigenvalue weighted by atomic mass is 16.5. The van der Waals surface area contributed by atoms with Gasteiger partial charge in [-0.15, -0.1) is 0 Å². The molecule has 1 rings (SSSR count). The van der Waals surface area contributed by atoms with Crippen molar-refractivity contribution in [3.8, 4) is 0 Å². The summed E-state index contributed by atoms with van der Waals surface area (Å²) < 4.78 is 5.59. The third-order valence-corrected chi connectivity index (χ3v) is 3.27. The van der Waals surface area contributed by atoms with Gasteiger partial charge in [0, 0.05) is 19.7 Å². The molecule has 0 aromatic rings. The number of carboxylic acids is 1. The van der Waals surface area contributed by atoms with Crippen molar-refractivity contribution in [3.05, 3.63) is 0 Å². The summed E-state index contributed by atoms with van der Waals surface area (Å²) in [4.78, 5) is 24.8. The maximum Gasteiger partial charge on any atom is 0.326 e. The first-order valence-corrected chi connectivity index (χ1v) is 6.98. The predicted octanol–water partition coefficient (Wildman–Crippen LogP) is 1.45. The molecule has 0 aromatic heterocycles. The molecule has 1 unspecified atom stereocenters. The topological polar surface area (TPSA) is 78.9 Å². The van der Waals surface area contributed by atoms with Crippen LogP contribution in [0.25, 0.3) is 0 Å². The van der Waals surface area contributed by atoms with Crippen LogP contribution in [0.15, 0.2) is 0 Å². The molecule has 1 aliphatic rings. The fourth-order valence-electron chi connectivity index (χ4n) is 2.11. The van der Waals surface area contributed by atoms with Crippen molar-refractivity contribution in [1.29, 1.82) is 0 Å². The number of hydrogen-bond acceptors (Lipinski definition) is 3. The minimum absolute atomic E-state index is 0.0442. The Balaban J connectivity index is 2.56. The van der Waals surface area contributed by atoms with Gasteiger partial charge in [0.25, 0.3) is 0 Å². The first kappa shape index (κ1) is 15.8. The number of urea groups is 1. The van der Waals surface area contributed by atoms with E-state index in [4.69, 9.17) is 9.84 Å². The Morgan fingerprint density at radius 3 is 2.79 bits per heavy atom. The zero-order valence-electron chi connectivity index (χ0n) is 11.7. The van der Waals surface area contributed by atoms with Gasteiger partial charge < -0.3 is 20.1 Å². The van der Waals surface area contributed by atoms with Gasteiger partial charge in [0.2, 0.25) is 0 Å². The number of rotatable bonds is 5. The number of ether oxygens (including phenoxy) is 1. The summed E-state index contributed by atoms with van der Waals surface area (Å²) in [6.07, 6.45) is 2.85. The molecule has 19 heavy (non-hydrogen) atoms. The summed E-state index contributed by atoms with van der Waals surface area (Å²) in [7, 11) is 0. The van der Waals surface area contributed by atoms with Gasteiger partial charge in [-0.25, -0.2) is 9.59 Å². The molecule has 0 radical (unpaired) electrons. The second-order valence-electron chi connectivity index (χ2n) is 4.83. The molecule has 1 saturated heterocycles. The minimum atomic E-state index is -0.978. The van der Waals surface area contributed by atoms with Crippen molar-refractivity contribution in [2.75, 3.05) is 19.7 Å². The maximum absolute atomic E-state index is 12.1. The van der Waals surface area contributed by atoms with Crippen molar-refractivity contribution in [2.24, 2.45) is 0 Å². The first-order valence-electron chi connectivity index (χ1n) is 6.98. The van der Waals surface area contributed by atoms with Crippen LogP contribution in [0.4, 0.5) is 4.79 Å². The zero-order valence-corrected chi connectivity index (χ0v) is 11.7. The minimum Gasteiger partial charge on any atom is -0.480 e. The summed E-state index contributed by atoms with van der Waals surface area (Å²) in [6.45, 7) is 5.71. The van der Waals surface area contributed by atoms with Gasteiger partial charge in [-0.2, -0.15) is 0 Å². The molecule has 110 valence electrons. The molecule has 2 atom stereocenters. The monoisotopic (exact) mass is 272 g/mol. The molecule has 0 aliphatic carbocycles. The molecular weight excluding hydrogens is 248 g/mol. The van der Waals surface area contributed by atoms with Gasteiger partial charge in [-0.1, -0.05) is 20.3 Å². The quantitative estimate of drug-likeness (QED) is 0.794. The van der Waals surface area contributed by atoms with E-state index in [9.17, 15) is 9.59 Å². The molecular formula is C13H24N2O4. The molecule has 6 heteroatoms. The lowest BCUT2D eigenvalue weighted by Crippen LogP contribution is -2.49. The van der Waals surface area contributed by atoms with Crippen LogP contribution in [-0.2, 0) is 9.53 Å². The van der Waals surface area contributed by atoms with Crippen molar-refractivity contribution >= 4 is 12.0 Å². The standard InChI is InChI=1S/C13H24N2O4/c1-3-6-11(12(16)17)14-13(18)15-7-5-8-19-10(4-2)9-15/h10-11H,3-9H2,1-2H3,(H,14,18)(H,16,17)/t10?,11-/m0/s1. The lowest BCUT2D eigenvalue weighted by Gasteiger charge is -2.25. The van der Waals surface area contributed by atoms with E-state index in [1.165, 1.54) is 0 Å². The average molecular weight is 272 g/mol. The number of carbonyl (C=O) groups excluding carboxylic acids is 1. The van der Waals surface area contributed by atoms with Crippen LogP contribution in [0, 0.1) is 0 Å². The van der Waals surface area contributed by atoms with Gasteiger partial charge in [0.1, 0.15) is 6.04 Å². The molecule has 1 aliphatic heterocycles. The lowest BCUT2D eigenvalue weighted by atomic mass is 10.2. The van der Waals surface area contributed by atoms with E-state index in [2.05, 4.69) is 5.32 Å². The van der Waals surface area contributed by atoms with E-state index in [-0.39, 0.29) is 12.1 Å². The summed E-state index contributed by atoms with van der Waals surface area (Å²) >= 11 is 0. The molecule has 0 saturated carbocycles. The lowest BCUT2D eigenvalue weighted by molar-refractivity contribution is -0.139. The highest BCUT2D eigenvalue weighted by molar-refractivity contribution is 5.82. The average Bonchev–Trinajstić information content (AvgIpc) is 2.63. The fourth-order valence-corrected chi connectivity index (χ4v) is 2.11. The van der Waals surface area contributed by atoms with E-state index >= 15 is 0 Å². The van der Waals surface area contributed by atoms with Crippen molar-refractivity contribution in [3.63, 3.8) is 0 Å². The fraction of sp³-hybridized carbons (Fsp3) is 0.846. The smallest absolute Gasteiger partial charge is 0.326 e. The Morgan fingerprint density at radius 1 is 1.47 bits per heavy atom. The molecule has 0 aromatic carbocycles. The second kappa shape index (κ2) is 7.99. The molecule has 6 nitrogen and oxygen atoms in total. The number of nitrogens with one attached hydrogen (secondary N) is 1. The zero-order chi connectivity index (χ0) is 14.3. The van der Waals surface area contributed by atoms with Gasteiger partial charge in [0.15, 0.2) is 0 Å². The van der Waals surface area contributed by atoms with Crippen LogP contribution in [0.3, 0.4) is 0 Å². The van der Waals surface area contributed by atoms with Crippen LogP contribution in [0.2, 0.25) is 0 Å². The second-order valence-corrected chi connectivity index (χ2v) is 4.83. The van der Waals surface area contributed by atoms with E-state index in [1.807, 2.05) is 13.8 Å². The summed E-state index contributed by atoms with van der Waals surface area (Å²) in [6, 6.07) is -1.11. The van der Waals surface area contributed by atoms with Crippen molar-refractivity contribution < 1.29 is 19.4 Å². The third kappa shape index (κ3) is 5.06. The molecule has 0 spiro atoms. The summed E-state index contributed by atoms with van der Waals surface area (Å²) in [5.41, 5.74) is 0.